The molecule has 2 aliphatic rings. The van der Waals surface area contributed by atoms with Crippen LogP contribution in [0.4, 0.5) is 28.0 Å². The van der Waals surface area contributed by atoms with Crippen LogP contribution in [0.3, 0.4) is 0 Å². The quantitative estimate of drug-likeness (QED) is 0.439. The van der Waals surface area contributed by atoms with Crippen molar-refractivity contribution in [3.63, 3.8) is 0 Å². The first-order chi connectivity index (χ1) is 16.1. The molecular weight excluding hydrogens is 522 g/mol. The summed E-state index contributed by atoms with van der Waals surface area (Å²) in [5, 5.41) is 7.05. The highest BCUT2D eigenvalue weighted by molar-refractivity contribution is 9.10. The van der Waals surface area contributed by atoms with Crippen molar-refractivity contribution in [1.82, 2.24) is 19.6 Å². The van der Waals surface area contributed by atoms with Gasteiger partial charge in [-0.15, -0.1) is 0 Å². The second-order valence-electron chi connectivity index (χ2n) is 8.68. The largest absolute Gasteiger partial charge is 0.340 e. The minimum atomic E-state index is -2.35. The summed E-state index contributed by atoms with van der Waals surface area (Å²) in [4.78, 5) is 28.9. The lowest BCUT2D eigenvalue weighted by Crippen LogP contribution is -2.40. The molecule has 7 nitrogen and oxygen atoms in total. The van der Waals surface area contributed by atoms with Gasteiger partial charge in [0.2, 0.25) is 6.43 Å². The van der Waals surface area contributed by atoms with Gasteiger partial charge in [-0.05, 0) is 40.8 Å². The van der Waals surface area contributed by atoms with Crippen LogP contribution in [0.1, 0.15) is 41.0 Å². The van der Waals surface area contributed by atoms with Crippen LogP contribution in [0.5, 0.6) is 0 Å². The third kappa shape index (κ3) is 5.06. The summed E-state index contributed by atoms with van der Waals surface area (Å²) in [7, 11) is 1.67. The van der Waals surface area contributed by atoms with E-state index in [1.165, 1.54) is 4.90 Å². The second-order valence-corrected chi connectivity index (χ2v) is 9.53. The maximum atomic E-state index is 14.1. The van der Waals surface area contributed by atoms with Gasteiger partial charge in [-0.25, -0.2) is 22.4 Å². The van der Waals surface area contributed by atoms with E-state index in [2.05, 4.69) is 26.3 Å². The summed E-state index contributed by atoms with van der Waals surface area (Å²) >= 11 is 2.97. The van der Waals surface area contributed by atoms with Gasteiger partial charge in [0.05, 0.1) is 22.4 Å². The number of carbonyl (C=O) groups excluding carboxylic acids is 2. The highest BCUT2D eigenvalue weighted by Gasteiger charge is 2.34. The number of rotatable bonds is 5. The fourth-order valence-electron chi connectivity index (χ4n) is 4.48. The molecule has 184 valence electrons. The zero-order valence-corrected chi connectivity index (χ0v) is 20.0. The number of nitrogens with one attached hydrogen (secondary N) is 1. The van der Waals surface area contributed by atoms with E-state index in [0.717, 1.165) is 6.07 Å². The molecule has 34 heavy (non-hydrogen) atoms. The fourth-order valence-corrected chi connectivity index (χ4v) is 4.82. The van der Waals surface area contributed by atoms with Crippen LogP contribution in [-0.4, -0.2) is 58.1 Å². The Kier molecular flexibility index (Phi) is 7.15. The number of urea groups is 1. The molecular formula is C22H24BrF4N5O2. The maximum Gasteiger partial charge on any atom is 0.322 e. The number of hydrogen-bond donors (Lipinski definition) is 1. The molecule has 2 aromatic rings. The predicted molar refractivity (Wildman–Crippen MR) is 120 cm³/mol. The molecule has 0 saturated carbocycles. The molecule has 1 aromatic carbocycles. The number of hydrogen-bond acceptors (Lipinski definition) is 3. The van der Waals surface area contributed by atoms with E-state index in [1.54, 1.807) is 16.6 Å². The van der Waals surface area contributed by atoms with Crippen molar-refractivity contribution in [3.8, 4) is 0 Å². The van der Waals surface area contributed by atoms with Crippen LogP contribution in [-0.2, 0) is 19.5 Å². The molecule has 1 aromatic heterocycles. The highest BCUT2D eigenvalue weighted by Crippen LogP contribution is 2.29. The first kappa shape index (κ1) is 24.5. The lowest BCUT2D eigenvalue weighted by atomic mass is 10.0. The number of fused-ring (bicyclic) bond motifs is 3. The fraction of sp³-hybridized carbons (Fsp3) is 0.500. The predicted octanol–water partition coefficient (Wildman–Crippen LogP) is 4.65. The van der Waals surface area contributed by atoms with Gasteiger partial charge in [0.1, 0.15) is 17.3 Å². The van der Waals surface area contributed by atoms with Gasteiger partial charge in [0, 0.05) is 51.2 Å². The Morgan fingerprint density at radius 1 is 1.26 bits per heavy atom. The van der Waals surface area contributed by atoms with E-state index in [0.29, 0.717) is 61.9 Å². The Labute approximate surface area is 202 Å². The maximum absolute atomic E-state index is 14.1. The molecule has 0 bridgehead atoms. The van der Waals surface area contributed by atoms with Crippen molar-refractivity contribution in [2.24, 2.45) is 5.92 Å². The zero-order valence-electron chi connectivity index (χ0n) is 18.5. The summed E-state index contributed by atoms with van der Waals surface area (Å²) in [5.74, 6) is -1.92. The summed E-state index contributed by atoms with van der Waals surface area (Å²) in [6.07, 6.45) is -1.19. The van der Waals surface area contributed by atoms with Crippen molar-refractivity contribution >= 4 is 33.6 Å². The smallest absolute Gasteiger partial charge is 0.322 e. The minimum absolute atomic E-state index is 0.00500. The SMILES string of the molecule is CN1CC(CCCC(F)F)Cn2nc3c(c2C1=O)CN(C(=O)Nc1cc(Br)c(F)cc1F)CC3. The third-order valence-corrected chi connectivity index (χ3v) is 6.79. The monoisotopic (exact) mass is 545 g/mol. The van der Waals surface area contributed by atoms with Crippen LogP contribution in [0.2, 0.25) is 0 Å². The van der Waals surface area contributed by atoms with E-state index in [4.69, 9.17) is 0 Å². The molecule has 3 amide bonds. The van der Waals surface area contributed by atoms with Crippen molar-refractivity contribution in [2.75, 3.05) is 25.5 Å². The molecule has 0 fully saturated rings. The summed E-state index contributed by atoms with van der Waals surface area (Å²) in [6.45, 7) is 1.28. The highest BCUT2D eigenvalue weighted by atomic mass is 79.9. The third-order valence-electron chi connectivity index (χ3n) is 6.19. The second kappa shape index (κ2) is 9.93. The van der Waals surface area contributed by atoms with Crippen molar-refractivity contribution in [3.05, 3.63) is 45.2 Å². The molecule has 3 heterocycles. The topological polar surface area (TPSA) is 70.5 Å². The molecule has 2 aliphatic heterocycles. The lowest BCUT2D eigenvalue weighted by Gasteiger charge is -2.27. The van der Waals surface area contributed by atoms with Gasteiger partial charge in [0.15, 0.2) is 0 Å². The number of alkyl halides is 2. The number of amides is 3. The molecule has 12 heteroatoms. The molecule has 0 saturated heterocycles. The molecule has 0 radical (unpaired) electrons. The molecule has 1 N–H and O–H groups in total. The normalized spacial score (nSPS) is 18.1. The van der Waals surface area contributed by atoms with Crippen LogP contribution in [0.25, 0.3) is 0 Å². The van der Waals surface area contributed by atoms with Crippen molar-refractivity contribution < 1.29 is 27.2 Å². The number of benzene rings is 1. The summed E-state index contributed by atoms with van der Waals surface area (Å²) in [6, 6.07) is 1.25. The Bertz CT molecular complexity index is 1110. The first-order valence-corrected chi connectivity index (χ1v) is 11.8. The minimum Gasteiger partial charge on any atom is -0.340 e. The Morgan fingerprint density at radius 2 is 2.03 bits per heavy atom. The Morgan fingerprint density at radius 3 is 2.76 bits per heavy atom. The summed E-state index contributed by atoms with van der Waals surface area (Å²) < 4.78 is 54.3. The molecule has 1 unspecified atom stereocenters. The van der Waals surface area contributed by atoms with Crippen LogP contribution in [0, 0.1) is 17.6 Å². The lowest BCUT2D eigenvalue weighted by molar-refractivity contribution is 0.0773. The van der Waals surface area contributed by atoms with E-state index >= 15 is 0 Å². The van der Waals surface area contributed by atoms with Gasteiger partial charge in [-0.1, -0.05) is 0 Å². The van der Waals surface area contributed by atoms with Crippen molar-refractivity contribution in [1.29, 1.82) is 0 Å². The number of carbonyl (C=O) groups is 2. The van der Waals surface area contributed by atoms with Gasteiger partial charge >= 0.3 is 6.03 Å². The number of halogens is 5. The molecule has 0 aliphatic carbocycles. The van der Waals surface area contributed by atoms with Crippen LogP contribution in [0.15, 0.2) is 16.6 Å². The van der Waals surface area contributed by atoms with Crippen LogP contribution < -0.4 is 5.32 Å². The average molecular weight is 546 g/mol. The first-order valence-electron chi connectivity index (χ1n) is 11.0. The number of anilines is 1. The summed E-state index contributed by atoms with van der Waals surface area (Å²) in [5.41, 5.74) is 1.57. The Balaban J connectivity index is 1.52. The Hall–Kier alpha value is -2.63. The van der Waals surface area contributed by atoms with E-state index < -0.39 is 24.1 Å². The van der Waals surface area contributed by atoms with E-state index in [-0.39, 0.29) is 35.0 Å². The molecule has 0 spiro atoms. The zero-order chi connectivity index (χ0) is 24.6. The van der Waals surface area contributed by atoms with Crippen LogP contribution >= 0.6 is 15.9 Å². The van der Waals surface area contributed by atoms with Crippen molar-refractivity contribution in [2.45, 2.75) is 45.2 Å². The standard InChI is InChI=1S/C22H24BrF4N5O2/c1-30-9-12(3-2-4-19(26)27)10-32-20(21(30)33)13-11-31(6-5-17(13)29-32)22(34)28-18-7-14(23)15(24)8-16(18)25/h7-8,12,19H,2-6,9-11H2,1H3,(H,28,34). The number of aromatic nitrogens is 2. The molecule has 4 rings (SSSR count). The van der Waals surface area contributed by atoms with Gasteiger partial charge in [0.25, 0.3) is 5.91 Å². The van der Waals surface area contributed by atoms with Gasteiger partial charge in [-0.2, -0.15) is 5.10 Å². The van der Waals surface area contributed by atoms with E-state index in [1.807, 2.05) is 0 Å². The van der Waals surface area contributed by atoms with E-state index in [9.17, 15) is 27.2 Å². The number of nitrogens with zero attached hydrogens (tertiary/aromatic N) is 4. The van der Waals surface area contributed by atoms with Gasteiger partial charge < -0.3 is 15.1 Å². The molecule has 1 atom stereocenters. The average Bonchev–Trinajstić information content (AvgIpc) is 3.07. The van der Waals surface area contributed by atoms with Gasteiger partial charge in [-0.3, -0.25) is 9.48 Å².